The molecule has 1 saturated heterocycles. The molecule has 5 nitrogen and oxygen atoms in total. The van der Waals surface area contributed by atoms with Gasteiger partial charge in [-0.3, -0.25) is 9.59 Å². The zero-order valence-electron chi connectivity index (χ0n) is 9.50. The van der Waals surface area contributed by atoms with Gasteiger partial charge in [0.2, 0.25) is 0 Å². The maximum atomic E-state index is 11.9. The second kappa shape index (κ2) is 7.40. The van der Waals surface area contributed by atoms with Crippen LogP contribution in [0.1, 0.15) is 10.4 Å². The molecule has 1 fully saturated rings. The standard InChI is InChI=1S/C11H14N2O.CH2O2/c14-11(10-4-2-1-3-5-10)13-8-6-12-7-9-13;2-1-3/h1-5,12H,6-9H2;1H,(H,2,3). The largest absolute Gasteiger partial charge is 0.483 e. The number of rotatable bonds is 1. The van der Waals surface area contributed by atoms with Crippen molar-refractivity contribution in [2.45, 2.75) is 0 Å². The van der Waals surface area contributed by atoms with Gasteiger partial charge in [0, 0.05) is 31.7 Å². The monoisotopic (exact) mass is 236 g/mol. The van der Waals surface area contributed by atoms with Gasteiger partial charge in [-0.2, -0.15) is 0 Å². The van der Waals surface area contributed by atoms with Crippen LogP contribution in [0.4, 0.5) is 0 Å². The highest BCUT2D eigenvalue weighted by atomic mass is 16.3. The number of hydrogen-bond acceptors (Lipinski definition) is 3. The van der Waals surface area contributed by atoms with Gasteiger partial charge in [0.05, 0.1) is 0 Å². The fourth-order valence-electron chi connectivity index (χ4n) is 1.63. The minimum absolute atomic E-state index is 0.145. The Hall–Kier alpha value is -1.88. The second-order valence-corrected chi connectivity index (χ2v) is 3.51. The van der Waals surface area contributed by atoms with Crippen LogP contribution >= 0.6 is 0 Å². The van der Waals surface area contributed by atoms with Crippen LogP contribution in [-0.2, 0) is 4.79 Å². The highest BCUT2D eigenvalue weighted by Crippen LogP contribution is 2.05. The Morgan fingerprint density at radius 3 is 2.29 bits per heavy atom. The van der Waals surface area contributed by atoms with Crippen molar-refractivity contribution in [2.24, 2.45) is 0 Å². The van der Waals surface area contributed by atoms with E-state index in [1.807, 2.05) is 35.2 Å². The number of carboxylic acid groups (broad SMARTS) is 1. The van der Waals surface area contributed by atoms with E-state index < -0.39 is 0 Å². The van der Waals surface area contributed by atoms with Crippen molar-refractivity contribution in [3.8, 4) is 0 Å². The molecule has 17 heavy (non-hydrogen) atoms. The van der Waals surface area contributed by atoms with Gasteiger partial charge < -0.3 is 15.3 Å². The smallest absolute Gasteiger partial charge is 0.290 e. The summed E-state index contributed by atoms with van der Waals surface area (Å²) in [4.78, 5) is 22.2. The topological polar surface area (TPSA) is 69.6 Å². The van der Waals surface area contributed by atoms with Gasteiger partial charge in [0.15, 0.2) is 0 Å². The zero-order chi connectivity index (χ0) is 12.5. The van der Waals surface area contributed by atoms with E-state index in [4.69, 9.17) is 9.90 Å². The van der Waals surface area contributed by atoms with E-state index in [-0.39, 0.29) is 12.4 Å². The molecule has 0 bridgehead atoms. The summed E-state index contributed by atoms with van der Waals surface area (Å²) >= 11 is 0. The first kappa shape index (κ1) is 13.2. The predicted molar refractivity (Wildman–Crippen MR) is 63.9 cm³/mol. The molecule has 0 atom stereocenters. The van der Waals surface area contributed by atoms with Crippen molar-refractivity contribution in [3.05, 3.63) is 35.9 Å². The Bertz CT molecular complexity index is 348. The molecule has 1 aromatic rings. The van der Waals surface area contributed by atoms with E-state index >= 15 is 0 Å². The van der Waals surface area contributed by atoms with Gasteiger partial charge in [0.25, 0.3) is 12.4 Å². The molecule has 0 radical (unpaired) electrons. The number of amides is 1. The van der Waals surface area contributed by atoms with Crippen LogP contribution in [0.15, 0.2) is 30.3 Å². The predicted octanol–water partition coefficient (Wildman–Crippen LogP) is 0.433. The van der Waals surface area contributed by atoms with E-state index in [0.717, 1.165) is 31.7 Å². The summed E-state index contributed by atoms with van der Waals surface area (Å²) in [6.45, 7) is 3.18. The average molecular weight is 236 g/mol. The van der Waals surface area contributed by atoms with Crippen LogP contribution in [0.2, 0.25) is 0 Å². The summed E-state index contributed by atoms with van der Waals surface area (Å²) in [5.41, 5.74) is 0.786. The summed E-state index contributed by atoms with van der Waals surface area (Å²) in [5, 5.41) is 10.1. The van der Waals surface area contributed by atoms with Crippen molar-refractivity contribution in [3.63, 3.8) is 0 Å². The van der Waals surface area contributed by atoms with Crippen LogP contribution in [-0.4, -0.2) is 48.6 Å². The number of carbonyl (C=O) groups is 2. The Balaban J connectivity index is 0.000000437. The lowest BCUT2D eigenvalue weighted by Crippen LogP contribution is -2.46. The van der Waals surface area contributed by atoms with Crippen molar-refractivity contribution in [1.29, 1.82) is 0 Å². The highest BCUT2D eigenvalue weighted by Gasteiger charge is 2.16. The van der Waals surface area contributed by atoms with Crippen molar-refractivity contribution in [1.82, 2.24) is 10.2 Å². The quantitative estimate of drug-likeness (QED) is 0.694. The maximum Gasteiger partial charge on any atom is 0.290 e. The molecule has 1 aliphatic heterocycles. The van der Waals surface area contributed by atoms with Gasteiger partial charge in [-0.25, -0.2) is 0 Å². The van der Waals surface area contributed by atoms with Gasteiger partial charge >= 0.3 is 0 Å². The summed E-state index contributed by atoms with van der Waals surface area (Å²) in [5.74, 6) is 0.145. The fourth-order valence-corrected chi connectivity index (χ4v) is 1.63. The van der Waals surface area contributed by atoms with E-state index in [2.05, 4.69) is 5.32 Å². The molecule has 1 aromatic carbocycles. The first-order valence-electron chi connectivity index (χ1n) is 5.42. The van der Waals surface area contributed by atoms with Gasteiger partial charge in [-0.15, -0.1) is 0 Å². The van der Waals surface area contributed by atoms with Crippen LogP contribution in [0.3, 0.4) is 0 Å². The molecule has 1 heterocycles. The van der Waals surface area contributed by atoms with E-state index in [0.29, 0.717) is 0 Å². The molecule has 0 aliphatic carbocycles. The molecule has 0 spiro atoms. The molecule has 2 N–H and O–H groups in total. The Morgan fingerprint density at radius 1 is 1.24 bits per heavy atom. The maximum absolute atomic E-state index is 11.9. The third-order valence-corrected chi connectivity index (χ3v) is 2.42. The Morgan fingerprint density at radius 2 is 1.76 bits per heavy atom. The molecule has 2 rings (SSSR count). The summed E-state index contributed by atoms with van der Waals surface area (Å²) in [7, 11) is 0. The number of nitrogens with one attached hydrogen (secondary N) is 1. The summed E-state index contributed by atoms with van der Waals surface area (Å²) in [6, 6.07) is 9.45. The molecule has 1 aliphatic rings. The third-order valence-electron chi connectivity index (χ3n) is 2.42. The number of piperazine rings is 1. The van der Waals surface area contributed by atoms with Crippen LogP contribution in [0.25, 0.3) is 0 Å². The molecule has 92 valence electrons. The van der Waals surface area contributed by atoms with E-state index in [9.17, 15) is 4.79 Å². The molecule has 0 saturated carbocycles. The van der Waals surface area contributed by atoms with Gasteiger partial charge in [0.1, 0.15) is 0 Å². The third kappa shape index (κ3) is 4.24. The second-order valence-electron chi connectivity index (χ2n) is 3.51. The number of nitrogens with zero attached hydrogens (tertiary/aromatic N) is 1. The minimum atomic E-state index is -0.250. The van der Waals surface area contributed by atoms with E-state index in [1.165, 1.54) is 0 Å². The lowest BCUT2D eigenvalue weighted by Gasteiger charge is -2.27. The molecular formula is C12H16N2O3. The molecule has 0 aromatic heterocycles. The van der Waals surface area contributed by atoms with Crippen LogP contribution in [0, 0.1) is 0 Å². The summed E-state index contributed by atoms with van der Waals surface area (Å²) in [6.07, 6.45) is 0. The number of hydrogen-bond donors (Lipinski definition) is 2. The fraction of sp³-hybridized carbons (Fsp3) is 0.333. The first-order valence-corrected chi connectivity index (χ1v) is 5.42. The summed E-state index contributed by atoms with van der Waals surface area (Å²) < 4.78 is 0. The first-order chi connectivity index (χ1) is 8.29. The molecule has 5 heteroatoms. The van der Waals surface area contributed by atoms with Crippen molar-refractivity contribution < 1.29 is 14.7 Å². The van der Waals surface area contributed by atoms with Crippen LogP contribution < -0.4 is 5.32 Å². The minimum Gasteiger partial charge on any atom is -0.483 e. The van der Waals surface area contributed by atoms with Crippen molar-refractivity contribution >= 4 is 12.4 Å². The lowest BCUT2D eigenvalue weighted by molar-refractivity contribution is -0.122. The Kier molecular flexibility index (Phi) is 5.74. The molecule has 0 unspecified atom stereocenters. The Labute approximate surface area is 100 Å². The normalized spacial score (nSPS) is 14.5. The average Bonchev–Trinajstić information content (AvgIpc) is 2.41. The number of carbonyl (C=O) groups excluding carboxylic acids is 1. The van der Waals surface area contributed by atoms with Crippen LogP contribution in [0.5, 0.6) is 0 Å². The van der Waals surface area contributed by atoms with E-state index in [1.54, 1.807) is 0 Å². The van der Waals surface area contributed by atoms with Gasteiger partial charge in [-0.1, -0.05) is 18.2 Å². The molecule has 1 amide bonds. The molecular weight excluding hydrogens is 220 g/mol. The van der Waals surface area contributed by atoms with Crippen molar-refractivity contribution in [2.75, 3.05) is 26.2 Å². The lowest BCUT2D eigenvalue weighted by atomic mass is 10.2. The number of benzene rings is 1. The van der Waals surface area contributed by atoms with Gasteiger partial charge in [-0.05, 0) is 12.1 Å². The SMILES string of the molecule is O=C(c1ccccc1)N1CCNCC1.O=CO. The zero-order valence-corrected chi connectivity index (χ0v) is 9.50. The highest BCUT2D eigenvalue weighted by molar-refractivity contribution is 5.94.